The van der Waals surface area contributed by atoms with Gasteiger partial charge in [-0.3, -0.25) is 4.90 Å². The Labute approximate surface area is 130 Å². The van der Waals surface area contributed by atoms with Gasteiger partial charge >= 0.3 is 0 Å². The van der Waals surface area contributed by atoms with Gasteiger partial charge in [0.05, 0.1) is 0 Å². The first-order valence-electron chi connectivity index (χ1n) is 7.63. The van der Waals surface area contributed by atoms with E-state index in [0.29, 0.717) is 5.25 Å². The SMILES string of the molecule is Nc1cccc2c1CN(CC1Cc3ccccc3S1)CC2. The third-order valence-electron chi connectivity index (χ3n) is 4.56. The molecule has 0 saturated carbocycles. The molecule has 0 bridgehead atoms. The van der Waals surface area contributed by atoms with Crippen LogP contribution in [0.15, 0.2) is 47.4 Å². The molecule has 0 spiro atoms. The lowest BCUT2D eigenvalue weighted by atomic mass is 9.98. The molecule has 0 saturated heterocycles. The molecule has 0 aromatic heterocycles. The van der Waals surface area contributed by atoms with Crippen molar-refractivity contribution in [1.29, 1.82) is 0 Å². The van der Waals surface area contributed by atoms with Crippen LogP contribution in [-0.4, -0.2) is 23.2 Å². The molecule has 2 aromatic carbocycles. The Hall–Kier alpha value is -1.45. The van der Waals surface area contributed by atoms with E-state index >= 15 is 0 Å². The van der Waals surface area contributed by atoms with E-state index in [-0.39, 0.29) is 0 Å². The van der Waals surface area contributed by atoms with Crippen molar-refractivity contribution in [3.63, 3.8) is 0 Å². The number of nitrogens with zero attached hydrogens (tertiary/aromatic N) is 1. The molecule has 1 unspecified atom stereocenters. The van der Waals surface area contributed by atoms with Crippen LogP contribution >= 0.6 is 11.8 Å². The maximum Gasteiger partial charge on any atom is 0.0362 e. The van der Waals surface area contributed by atoms with Crippen molar-refractivity contribution >= 4 is 17.4 Å². The lowest BCUT2D eigenvalue weighted by Crippen LogP contribution is -2.36. The molecule has 0 fully saturated rings. The van der Waals surface area contributed by atoms with Gasteiger partial charge in [0.15, 0.2) is 0 Å². The average molecular weight is 296 g/mol. The maximum atomic E-state index is 6.15. The quantitative estimate of drug-likeness (QED) is 0.862. The molecule has 108 valence electrons. The molecule has 1 atom stereocenters. The second-order valence-corrected chi connectivity index (χ2v) is 7.36. The summed E-state index contributed by atoms with van der Waals surface area (Å²) in [5, 5.41) is 0.689. The Bertz CT molecular complexity index is 643. The number of nitrogen functional groups attached to an aromatic ring is 1. The number of hydrogen-bond acceptors (Lipinski definition) is 3. The van der Waals surface area contributed by atoms with E-state index in [1.165, 1.54) is 28.0 Å². The number of hydrogen-bond donors (Lipinski definition) is 1. The van der Waals surface area contributed by atoms with E-state index < -0.39 is 0 Å². The molecule has 2 heterocycles. The lowest BCUT2D eigenvalue weighted by Gasteiger charge is -2.31. The molecule has 0 amide bonds. The molecule has 2 N–H and O–H groups in total. The van der Waals surface area contributed by atoms with Crippen molar-refractivity contribution in [2.75, 3.05) is 18.8 Å². The Morgan fingerprint density at radius 1 is 1.10 bits per heavy atom. The van der Waals surface area contributed by atoms with Crippen molar-refractivity contribution < 1.29 is 0 Å². The Morgan fingerprint density at radius 2 is 1.95 bits per heavy atom. The smallest absolute Gasteiger partial charge is 0.0362 e. The van der Waals surface area contributed by atoms with Crippen LogP contribution in [0.2, 0.25) is 0 Å². The van der Waals surface area contributed by atoms with Crippen LogP contribution in [0.25, 0.3) is 0 Å². The van der Waals surface area contributed by atoms with Crippen molar-refractivity contribution in [2.45, 2.75) is 29.5 Å². The third-order valence-corrected chi connectivity index (χ3v) is 5.87. The Morgan fingerprint density at radius 3 is 2.86 bits per heavy atom. The highest BCUT2D eigenvalue weighted by molar-refractivity contribution is 8.00. The summed E-state index contributed by atoms with van der Waals surface area (Å²) in [5.41, 5.74) is 11.4. The maximum absolute atomic E-state index is 6.15. The second kappa shape index (κ2) is 5.39. The van der Waals surface area contributed by atoms with Gasteiger partial charge < -0.3 is 5.73 Å². The highest BCUT2D eigenvalue weighted by Crippen LogP contribution is 2.37. The molecule has 21 heavy (non-hydrogen) atoms. The molecule has 2 aliphatic heterocycles. The van der Waals surface area contributed by atoms with Crippen molar-refractivity contribution in [2.24, 2.45) is 0 Å². The fourth-order valence-electron chi connectivity index (χ4n) is 3.46. The molecule has 0 radical (unpaired) electrons. The van der Waals surface area contributed by atoms with Gasteiger partial charge in [0.25, 0.3) is 0 Å². The predicted molar refractivity (Wildman–Crippen MR) is 89.6 cm³/mol. The van der Waals surface area contributed by atoms with Crippen LogP contribution in [0.4, 0.5) is 5.69 Å². The summed E-state index contributed by atoms with van der Waals surface area (Å²) in [6.45, 7) is 3.33. The average Bonchev–Trinajstić information content (AvgIpc) is 2.90. The van der Waals surface area contributed by atoms with Gasteiger partial charge in [-0.05, 0) is 41.7 Å². The van der Waals surface area contributed by atoms with E-state index in [2.05, 4.69) is 41.3 Å². The van der Waals surface area contributed by atoms with Crippen molar-refractivity contribution in [1.82, 2.24) is 4.90 Å². The topological polar surface area (TPSA) is 29.3 Å². The van der Waals surface area contributed by atoms with Crippen LogP contribution in [0, 0.1) is 0 Å². The summed E-state index contributed by atoms with van der Waals surface area (Å²) in [4.78, 5) is 4.04. The molecule has 3 heteroatoms. The summed E-state index contributed by atoms with van der Waals surface area (Å²) in [5.74, 6) is 0. The standard InChI is InChI=1S/C18H20N2S/c19-17-6-3-5-13-8-9-20(12-16(13)17)11-15-10-14-4-1-2-7-18(14)21-15/h1-7,15H,8-12,19H2. The van der Waals surface area contributed by atoms with Gasteiger partial charge in [-0.2, -0.15) is 0 Å². The normalized spacial score (nSPS) is 21.0. The summed E-state index contributed by atoms with van der Waals surface area (Å²) < 4.78 is 0. The Kier molecular flexibility index (Phi) is 3.40. The van der Waals surface area contributed by atoms with Gasteiger partial charge in [-0.15, -0.1) is 11.8 Å². The minimum atomic E-state index is 0.689. The highest BCUT2D eigenvalue weighted by Gasteiger charge is 2.26. The fraction of sp³-hybridized carbons (Fsp3) is 0.333. The number of nitrogens with two attached hydrogens (primary N) is 1. The summed E-state index contributed by atoms with van der Waals surface area (Å²) in [6, 6.07) is 15.2. The molecule has 2 aromatic rings. The minimum absolute atomic E-state index is 0.689. The van der Waals surface area contributed by atoms with Gasteiger partial charge in [-0.25, -0.2) is 0 Å². The number of thioether (sulfide) groups is 1. The van der Waals surface area contributed by atoms with Gasteiger partial charge in [0.2, 0.25) is 0 Å². The number of fused-ring (bicyclic) bond motifs is 2. The lowest BCUT2D eigenvalue weighted by molar-refractivity contribution is 0.256. The number of rotatable bonds is 2. The van der Waals surface area contributed by atoms with E-state index in [1.54, 1.807) is 0 Å². The molecule has 2 aliphatic rings. The molecular formula is C18H20N2S. The zero-order chi connectivity index (χ0) is 14.2. The first kappa shape index (κ1) is 13.2. The monoisotopic (exact) mass is 296 g/mol. The third kappa shape index (κ3) is 2.56. The van der Waals surface area contributed by atoms with Gasteiger partial charge in [0.1, 0.15) is 0 Å². The Balaban J connectivity index is 1.45. The van der Waals surface area contributed by atoms with E-state index in [0.717, 1.165) is 31.7 Å². The summed E-state index contributed by atoms with van der Waals surface area (Å²) >= 11 is 2.04. The number of anilines is 1. The highest BCUT2D eigenvalue weighted by atomic mass is 32.2. The molecular weight excluding hydrogens is 276 g/mol. The van der Waals surface area contributed by atoms with Gasteiger partial charge in [-0.1, -0.05) is 30.3 Å². The minimum Gasteiger partial charge on any atom is -0.398 e. The van der Waals surface area contributed by atoms with Crippen molar-refractivity contribution in [3.05, 3.63) is 59.2 Å². The predicted octanol–water partition coefficient (Wildman–Crippen LogP) is 3.34. The van der Waals surface area contributed by atoms with E-state index in [1.807, 2.05) is 17.8 Å². The zero-order valence-corrected chi connectivity index (χ0v) is 12.9. The zero-order valence-electron chi connectivity index (χ0n) is 12.1. The molecule has 4 rings (SSSR count). The fourth-order valence-corrected chi connectivity index (χ4v) is 4.83. The molecule has 2 nitrogen and oxygen atoms in total. The summed E-state index contributed by atoms with van der Waals surface area (Å²) in [7, 11) is 0. The van der Waals surface area contributed by atoms with Crippen LogP contribution < -0.4 is 5.73 Å². The van der Waals surface area contributed by atoms with E-state index in [4.69, 9.17) is 5.73 Å². The van der Waals surface area contributed by atoms with Crippen LogP contribution in [0.3, 0.4) is 0 Å². The first-order chi connectivity index (χ1) is 10.3. The van der Waals surface area contributed by atoms with E-state index in [9.17, 15) is 0 Å². The largest absolute Gasteiger partial charge is 0.398 e. The van der Waals surface area contributed by atoms with Gasteiger partial charge in [0, 0.05) is 35.5 Å². The summed E-state index contributed by atoms with van der Waals surface area (Å²) in [6.07, 6.45) is 2.33. The number of benzene rings is 2. The van der Waals surface area contributed by atoms with Crippen LogP contribution in [-0.2, 0) is 19.4 Å². The molecule has 0 aliphatic carbocycles. The first-order valence-corrected chi connectivity index (χ1v) is 8.51. The van der Waals surface area contributed by atoms with Crippen molar-refractivity contribution in [3.8, 4) is 0 Å². The van der Waals surface area contributed by atoms with Crippen LogP contribution in [0.5, 0.6) is 0 Å². The second-order valence-electron chi connectivity index (χ2n) is 6.02. The van der Waals surface area contributed by atoms with Crippen LogP contribution in [0.1, 0.15) is 16.7 Å².